The van der Waals surface area contributed by atoms with Gasteiger partial charge >= 0.3 is 0 Å². The van der Waals surface area contributed by atoms with Crippen molar-refractivity contribution in [3.63, 3.8) is 0 Å². The quantitative estimate of drug-likeness (QED) is 0.221. The van der Waals surface area contributed by atoms with Crippen molar-refractivity contribution in [3.8, 4) is 11.5 Å². The Labute approximate surface area is 174 Å². The average molecular weight is 389 g/mol. The van der Waals surface area contributed by atoms with Crippen LogP contribution < -0.4 is 9.47 Å². The first kappa shape index (κ1) is 24.6. The van der Waals surface area contributed by atoms with E-state index in [4.69, 9.17) is 9.47 Å². The van der Waals surface area contributed by atoms with Gasteiger partial charge in [0.2, 0.25) is 0 Å². The van der Waals surface area contributed by atoms with E-state index in [1.54, 1.807) is 0 Å². The lowest BCUT2D eigenvalue weighted by Gasteiger charge is -2.12. The second-order valence-electron chi connectivity index (χ2n) is 7.84. The van der Waals surface area contributed by atoms with Crippen LogP contribution in [0.5, 0.6) is 11.5 Å². The van der Waals surface area contributed by atoms with Gasteiger partial charge in [0.25, 0.3) is 0 Å². The summed E-state index contributed by atoms with van der Waals surface area (Å²) >= 11 is 0. The highest BCUT2D eigenvalue weighted by molar-refractivity contribution is 5.58. The molecule has 0 heterocycles. The lowest BCUT2D eigenvalue weighted by molar-refractivity contribution is 0.295. The third-order valence-corrected chi connectivity index (χ3v) is 5.22. The third-order valence-electron chi connectivity index (χ3n) is 5.22. The molecule has 0 radical (unpaired) electrons. The summed E-state index contributed by atoms with van der Waals surface area (Å²) in [6.45, 7) is 10.0. The lowest BCUT2D eigenvalue weighted by Crippen LogP contribution is -2.01. The summed E-state index contributed by atoms with van der Waals surface area (Å²) < 4.78 is 11.9. The van der Waals surface area contributed by atoms with E-state index in [1.807, 2.05) is 24.3 Å². The summed E-state index contributed by atoms with van der Waals surface area (Å²) in [5, 5.41) is 0. The summed E-state index contributed by atoms with van der Waals surface area (Å²) in [5.74, 6) is 1.84. The fraction of sp³-hybridized carbons (Fsp3) is 0.692. The van der Waals surface area contributed by atoms with Crippen LogP contribution in [-0.4, -0.2) is 13.2 Å². The van der Waals surface area contributed by atoms with Gasteiger partial charge in [-0.05, 0) is 31.0 Å². The first-order chi connectivity index (χ1) is 13.8. The smallest absolute Gasteiger partial charge is 0.126 e. The minimum atomic E-state index is 0.785. The predicted molar refractivity (Wildman–Crippen MR) is 124 cm³/mol. The molecular formula is C26H44O2. The van der Waals surface area contributed by atoms with Gasteiger partial charge in [0.05, 0.1) is 13.2 Å². The van der Waals surface area contributed by atoms with Crippen molar-refractivity contribution in [1.82, 2.24) is 0 Å². The Balaban J connectivity index is 2.19. The summed E-state index contributed by atoms with van der Waals surface area (Å²) in [4.78, 5) is 0. The predicted octanol–water partition coefficient (Wildman–Crippen LogP) is 8.59. The first-order valence-electron chi connectivity index (χ1n) is 11.8. The van der Waals surface area contributed by atoms with Crippen molar-refractivity contribution in [2.75, 3.05) is 13.2 Å². The van der Waals surface area contributed by atoms with Crippen LogP contribution in [-0.2, 0) is 0 Å². The Bertz CT molecular complexity index is 495. The largest absolute Gasteiger partial charge is 0.494 e. The maximum absolute atomic E-state index is 5.97. The van der Waals surface area contributed by atoms with Crippen LogP contribution in [0.25, 0.3) is 6.08 Å². The molecule has 2 nitrogen and oxygen atoms in total. The summed E-state index contributed by atoms with van der Waals surface area (Å²) in [6, 6.07) is 6.10. The van der Waals surface area contributed by atoms with Crippen LogP contribution in [0.2, 0.25) is 0 Å². The van der Waals surface area contributed by atoms with Crippen molar-refractivity contribution < 1.29 is 9.47 Å². The number of benzene rings is 1. The van der Waals surface area contributed by atoms with Crippen LogP contribution in [0.1, 0.15) is 109 Å². The Morgan fingerprint density at radius 3 is 1.71 bits per heavy atom. The first-order valence-corrected chi connectivity index (χ1v) is 11.8. The van der Waals surface area contributed by atoms with Gasteiger partial charge in [0.15, 0.2) is 0 Å². The Morgan fingerprint density at radius 2 is 1.18 bits per heavy atom. The Morgan fingerprint density at radius 1 is 0.679 bits per heavy atom. The normalized spacial score (nSPS) is 10.8. The standard InChI is InChI=1S/C26H44O2/c1-4-7-9-11-13-15-17-21-27-25-19-20-26(24(6-3)23-25)28-22-18-16-14-12-10-8-5-2/h6,19-20,23H,3-5,7-18,21-22H2,1-2H3. The van der Waals surface area contributed by atoms with Crippen molar-refractivity contribution in [1.29, 1.82) is 0 Å². The molecule has 0 N–H and O–H groups in total. The van der Waals surface area contributed by atoms with E-state index in [9.17, 15) is 0 Å². The molecule has 0 saturated heterocycles. The minimum Gasteiger partial charge on any atom is -0.494 e. The highest BCUT2D eigenvalue weighted by atomic mass is 16.5. The van der Waals surface area contributed by atoms with E-state index < -0.39 is 0 Å². The number of unbranched alkanes of at least 4 members (excludes halogenated alkanes) is 12. The zero-order valence-electron chi connectivity index (χ0n) is 18.6. The number of hydrogen-bond acceptors (Lipinski definition) is 2. The van der Waals surface area contributed by atoms with Crippen LogP contribution >= 0.6 is 0 Å². The van der Waals surface area contributed by atoms with Gasteiger partial charge in [-0.15, -0.1) is 0 Å². The van der Waals surface area contributed by atoms with E-state index in [0.717, 1.165) is 43.1 Å². The second kappa shape index (κ2) is 17.6. The fourth-order valence-corrected chi connectivity index (χ4v) is 3.40. The number of hydrogen-bond donors (Lipinski definition) is 0. The lowest BCUT2D eigenvalue weighted by atomic mass is 10.1. The van der Waals surface area contributed by atoms with Crippen LogP contribution in [0.15, 0.2) is 24.8 Å². The Hall–Kier alpha value is -1.44. The van der Waals surface area contributed by atoms with Gasteiger partial charge in [-0.25, -0.2) is 0 Å². The number of ether oxygens (including phenoxy) is 2. The summed E-state index contributed by atoms with van der Waals surface area (Å²) in [5.41, 5.74) is 1.03. The third kappa shape index (κ3) is 12.1. The molecule has 0 unspecified atom stereocenters. The summed E-state index contributed by atoms with van der Waals surface area (Å²) in [6.07, 6.45) is 20.1. The average Bonchev–Trinajstić information content (AvgIpc) is 2.72. The zero-order chi connectivity index (χ0) is 20.3. The van der Waals surface area contributed by atoms with Gasteiger partial charge in [0, 0.05) is 5.56 Å². The van der Waals surface area contributed by atoms with Crippen LogP contribution in [0, 0.1) is 0 Å². The van der Waals surface area contributed by atoms with Gasteiger partial charge < -0.3 is 9.47 Å². The molecule has 0 aliphatic heterocycles. The van der Waals surface area contributed by atoms with E-state index in [1.165, 1.54) is 77.0 Å². The van der Waals surface area contributed by atoms with E-state index in [-0.39, 0.29) is 0 Å². The topological polar surface area (TPSA) is 18.5 Å². The van der Waals surface area contributed by atoms with E-state index >= 15 is 0 Å². The molecule has 28 heavy (non-hydrogen) atoms. The minimum absolute atomic E-state index is 0.785. The van der Waals surface area contributed by atoms with Crippen LogP contribution in [0.4, 0.5) is 0 Å². The highest BCUT2D eigenvalue weighted by Gasteiger charge is 2.04. The SMILES string of the molecule is C=Cc1cc(OCCCCCCCCC)ccc1OCCCCCCCCC. The highest BCUT2D eigenvalue weighted by Crippen LogP contribution is 2.26. The monoisotopic (exact) mass is 388 g/mol. The maximum Gasteiger partial charge on any atom is 0.126 e. The molecule has 0 aromatic heterocycles. The summed E-state index contributed by atoms with van der Waals surface area (Å²) in [7, 11) is 0. The van der Waals surface area contributed by atoms with Crippen molar-refractivity contribution in [3.05, 3.63) is 30.3 Å². The van der Waals surface area contributed by atoms with Gasteiger partial charge in [-0.1, -0.05) is 104 Å². The molecule has 0 amide bonds. The second-order valence-corrected chi connectivity index (χ2v) is 7.84. The van der Waals surface area contributed by atoms with Crippen molar-refractivity contribution in [2.45, 2.75) is 104 Å². The molecule has 160 valence electrons. The molecule has 0 aliphatic rings. The molecule has 1 aromatic carbocycles. The molecule has 1 rings (SSSR count). The maximum atomic E-state index is 5.97. The fourth-order valence-electron chi connectivity index (χ4n) is 3.40. The molecular weight excluding hydrogens is 344 g/mol. The zero-order valence-corrected chi connectivity index (χ0v) is 18.6. The van der Waals surface area contributed by atoms with E-state index in [0.29, 0.717) is 0 Å². The van der Waals surface area contributed by atoms with E-state index in [2.05, 4.69) is 20.4 Å². The number of rotatable bonds is 19. The molecule has 0 spiro atoms. The van der Waals surface area contributed by atoms with Crippen molar-refractivity contribution >= 4 is 6.08 Å². The molecule has 0 saturated carbocycles. The Kier molecular flexibility index (Phi) is 15.5. The molecule has 0 bridgehead atoms. The molecule has 1 aromatic rings. The van der Waals surface area contributed by atoms with Gasteiger partial charge in [0.1, 0.15) is 11.5 Å². The molecule has 0 fully saturated rings. The van der Waals surface area contributed by atoms with Gasteiger partial charge in [-0.2, -0.15) is 0 Å². The van der Waals surface area contributed by atoms with Gasteiger partial charge in [-0.3, -0.25) is 0 Å². The van der Waals surface area contributed by atoms with Crippen LogP contribution in [0.3, 0.4) is 0 Å². The van der Waals surface area contributed by atoms with Crippen molar-refractivity contribution in [2.24, 2.45) is 0 Å². The molecule has 2 heteroatoms. The molecule has 0 atom stereocenters. The molecule has 0 aliphatic carbocycles.